The van der Waals surface area contributed by atoms with Crippen LogP contribution in [0.25, 0.3) is 10.9 Å². The number of aromatic nitrogens is 1. The minimum Gasteiger partial charge on any atom is -0.389 e. The number of aliphatic hydroxyl groups is 1. The SMILES string of the molecule is COCC(O)CNC(=O)c1cc(=O)c2ccccc2[nH]1. The monoisotopic (exact) mass is 276 g/mol. The summed E-state index contributed by atoms with van der Waals surface area (Å²) >= 11 is 0. The summed E-state index contributed by atoms with van der Waals surface area (Å²) in [4.78, 5) is 26.7. The van der Waals surface area contributed by atoms with Crippen LogP contribution in [0, 0.1) is 0 Å². The molecule has 0 aliphatic rings. The number of aromatic amines is 1. The van der Waals surface area contributed by atoms with Gasteiger partial charge in [0.15, 0.2) is 5.43 Å². The smallest absolute Gasteiger partial charge is 0.267 e. The van der Waals surface area contributed by atoms with Crippen LogP contribution in [0.1, 0.15) is 10.5 Å². The highest BCUT2D eigenvalue weighted by Gasteiger charge is 2.11. The maximum Gasteiger partial charge on any atom is 0.267 e. The Kier molecular flexibility index (Phi) is 4.49. The molecule has 0 fully saturated rings. The van der Waals surface area contributed by atoms with Crippen LogP contribution in [-0.2, 0) is 4.74 Å². The minimum atomic E-state index is -0.781. The van der Waals surface area contributed by atoms with Gasteiger partial charge in [0.05, 0.1) is 12.7 Å². The van der Waals surface area contributed by atoms with E-state index in [2.05, 4.69) is 10.3 Å². The Morgan fingerprint density at radius 2 is 2.20 bits per heavy atom. The number of carbonyl (C=O) groups is 1. The van der Waals surface area contributed by atoms with E-state index in [1.807, 2.05) is 0 Å². The molecule has 1 atom stereocenters. The highest BCUT2D eigenvalue weighted by molar-refractivity contribution is 5.94. The molecule has 1 aromatic carbocycles. The van der Waals surface area contributed by atoms with E-state index >= 15 is 0 Å². The normalized spacial score (nSPS) is 12.3. The number of amides is 1. The number of fused-ring (bicyclic) bond motifs is 1. The molecular formula is C14H16N2O4. The van der Waals surface area contributed by atoms with Crippen LogP contribution in [-0.4, -0.2) is 42.4 Å². The number of hydrogen-bond donors (Lipinski definition) is 3. The Hall–Kier alpha value is -2.18. The summed E-state index contributed by atoms with van der Waals surface area (Å²) in [6.45, 7) is 0.191. The fraction of sp³-hybridized carbons (Fsp3) is 0.286. The second-order valence-electron chi connectivity index (χ2n) is 4.41. The van der Waals surface area contributed by atoms with Gasteiger partial charge in [-0.3, -0.25) is 9.59 Å². The molecule has 0 saturated carbocycles. The van der Waals surface area contributed by atoms with Crippen molar-refractivity contribution in [2.75, 3.05) is 20.3 Å². The van der Waals surface area contributed by atoms with Crippen LogP contribution in [0.5, 0.6) is 0 Å². The number of methoxy groups -OCH3 is 1. The lowest BCUT2D eigenvalue weighted by Crippen LogP contribution is -2.35. The average molecular weight is 276 g/mol. The van der Waals surface area contributed by atoms with Crippen molar-refractivity contribution in [2.24, 2.45) is 0 Å². The third-order valence-corrected chi connectivity index (χ3v) is 2.84. The molecule has 0 radical (unpaired) electrons. The topological polar surface area (TPSA) is 91.4 Å². The Labute approximate surface area is 115 Å². The number of benzene rings is 1. The summed E-state index contributed by atoms with van der Waals surface area (Å²) in [7, 11) is 1.46. The van der Waals surface area contributed by atoms with Gasteiger partial charge in [0.25, 0.3) is 5.91 Å². The van der Waals surface area contributed by atoms with E-state index < -0.39 is 12.0 Å². The standard InChI is InChI=1S/C14H16N2O4/c1-20-8-9(17)7-15-14(19)12-6-13(18)10-4-2-3-5-11(10)16-12/h2-6,9,17H,7-8H2,1H3,(H,15,19)(H,16,18). The molecule has 0 bridgehead atoms. The van der Waals surface area contributed by atoms with Crippen molar-refractivity contribution in [3.63, 3.8) is 0 Å². The quantitative estimate of drug-likeness (QED) is 0.730. The first-order valence-electron chi connectivity index (χ1n) is 6.19. The van der Waals surface area contributed by atoms with Crippen molar-refractivity contribution >= 4 is 16.8 Å². The van der Waals surface area contributed by atoms with E-state index in [1.54, 1.807) is 24.3 Å². The molecule has 6 nitrogen and oxygen atoms in total. The summed E-state index contributed by atoms with van der Waals surface area (Å²) in [5, 5.41) is 12.5. The third-order valence-electron chi connectivity index (χ3n) is 2.84. The van der Waals surface area contributed by atoms with E-state index in [0.717, 1.165) is 0 Å². The molecule has 0 aliphatic carbocycles. The van der Waals surface area contributed by atoms with Gasteiger partial charge >= 0.3 is 0 Å². The number of para-hydroxylation sites is 1. The van der Waals surface area contributed by atoms with E-state index in [0.29, 0.717) is 10.9 Å². The van der Waals surface area contributed by atoms with Gasteiger partial charge in [0, 0.05) is 30.6 Å². The first kappa shape index (κ1) is 14.2. The summed E-state index contributed by atoms with van der Waals surface area (Å²) in [6, 6.07) is 8.21. The molecule has 106 valence electrons. The van der Waals surface area contributed by atoms with E-state index in [4.69, 9.17) is 4.74 Å². The molecule has 6 heteroatoms. The van der Waals surface area contributed by atoms with Crippen molar-refractivity contribution in [1.82, 2.24) is 10.3 Å². The lowest BCUT2D eigenvalue weighted by molar-refractivity contribution is 0.0608. The van der Waals surface area contributed by atoms with Gasteiger partial charge in [0.2, 0.25) is 0 Å². The largest absolute Gasteiger partial charge is 0.389 e. The number of ether oxygens (including phenoxy) is 1. The summed E-state index contributed by atoms with van der Waals surface area (Å²) in [5.41, 5.74) is 0.544. The number of H-pyrrole nitrogens is 1. The van der Waals surface area contributed by atoms with Gasteiger partial charge in [-0.2, -0.15) is 0 Å². The predicted molar refractivity (Wildman–Crippen MR) is 74.8 cm³/mol. The van der Waals surface area contributed by atoms with Gasteiger partial charge in [-0.15, -0.1) is 0 Å². The number of rotatable bonds is 5. The number of carbonyl (C=O) groups excluding carboxylic acids is 1. The molecule has 1 unspecified atom stereocenters. The number of nitrogens with one attached hydrogen (secondary N) is 2. The van der Waals surface area contributed by atoms with Crippen molar-refractivity contribution < 1.29 is 14.6 Å². The zero-order valence-electron chi connectivity index (χ0n) is 11.1. The lowest BCUT2D eigenvalue weighted by atomic mass is 10.2. The fourth-order valence-corrected chi connectivity index (χ4v) is 1.88. The summed E-state index contributed by atoms with van der Waals surface area (Å²) in [6.07, 6.45) is -0.781. The predicted octanol–water partition coefficient (Wildman–Crippen LogP) is 0.265. The molecular weight excluding hydrogens is 260 g/mol. The molecule has 3 N–H and O–H groups in total. The van der Waals surface area contributed by atoms with Gasteiger partial charge in [0.1, 0.15) is 5.69 Å². The zero-order chi connectivity index (χ0) is 14.5. The van der Waals surface area contributed by atoms with Crippen LogP contribution in [0.3, 0.4) is 0 Å². The highest BCUT2D eigenvalue weighted by Crippen LogP contribution is 2.07. The average Bonchev–Trinajstić information content (AvgIpc) is 2.45. The van der Waals surface area contributed by atoms with E-state index in [-0.39, 0.29) is 24.3 Å². The maximum absolute atomic E-state index is 11.9. The van der Waals surface area contributed by atoms with E-state index in [1.165, 1.54) is 13.2 Å². The van der Waals surface area contributed by atoms with Crippen molar-refractivity contribution in [2.45, 2.75) is 6.10 Å². The molecule has 20 heavy (non-hydrogen) atoms. The van der Waals surface area contributed by atoms with Crippen LogP contribution in [0.15, 0.2) is 35.1 Å². The minimum absolute atomic E-state index is 0.0571. The molecule has 0 saturated heterocycles. The van der Waals surface area contributed by atoms with Crippen molar-refractivity contribution in [1.29, 1.82) is 0 Å². The second-order valence-corrected chi connectivity index (χ2v) is 4.41. The van der Waals surface area contributed by atoms with Crippen LogP contribution in [0.4, 0.5) is 0 Å². The van der Waals surface area contributed by atoms with E-state index in [9.17, 15) is 14.7 Å². The Morgan fingerprint density at radius 1 is 1.45 bits per heavy atom. The molecule has 0 aliphatic heterocycles. The van der Waals surface area contributed by atoms with Crippen molar-refractivity contribution in [3.05, 3.63) is 46.2 Å². The van der Waals surface area contributed by atoms with Crippen LogP contribution >= 0.6 is 0 Å². The van der Waals surface area contributed by atoms with Gasteiger partial charge in [-0.25, -0.2) is 0 Å². The fourth-order valence-electron chi connectivity index (χ4n) is 1.88. The van der Waals surface area contributed by atoms with Gasteiger partial charge in [-0.05, 0) is 12.1 Å². The second kappa shape index (κ2) is 6.31. The summed E-state index contributed by atoms with van der Waals surface area (Å²) in [5.74, 6) is -0.442. The zero-order valence-corrected chi connectivity index (χ0v) is 11.1. The first-order valence-corrected chi connectivity index (χ1v) is 6.19. The first-order chi connectivity index (χ1) is 9.61. The Balaban J connectivity index is 2.16. The highest BCUT2D eigenvalue weighted by atomic mass is 16.5. The molecule has 2 rings (SSSR count). The number of aliphatic hydroxyl groups excluding tert-OH is 1. The summed E-state index contributed by atoms with van der Waals surface area (Å²) < 4.78 is 4.76. The molecule has 1 aromatic heterocycles. The molecule has 2 aromatic rings. The van der Waals surface area contributed by atoms with Crippen molar-refractivity contribution in [3.8, 4) is 0 Å². The van der Waals surface area contributed by atoms with Crippen LogP contribution < -0.4 is 10.7 Å². The molecule has 1 amide bonds. The lowest BCUT2D eigenvalue weighted by Gasteiger charge is -2.11. The Bertz CT molecular complexity index is 666. The van der Waals surface area contributed by atoms with Gasteiger partial charge < -0.3 is 20.1 Å². The maximum atomic E-state index is 11.9. The number of pyridine rings is 1. The van der Waals surface area contributed by atoms with Crippen LogP contribution in [0.2, 0.25) is 0 Å². The molecule has 0 spiro atoms. The third kappa shape index (κ3) is 3.23. The Morgan fingerprint density at radius 3 is 2.95 bits per heavy atom. The van der Waals surface area contributed by atoms with Gasteiger partial charge in [-0.1, -0.05) is 12.1 Å². The number of hydrogen-bond acceptors (Lipinski definition) is 4. The molecule has 1 heterocycles.